The van der Waals surface area contributed by atoms with E-state index in [1.165, 1.54) is 0 Å². The summed E-state index contributed by atoms with van der Waals surface area (Å²) in [5.74, 6) is 0.765. The van der Waals surface area contributed by atoms with E-state index in [0.717, 1.165) is 11.3 Å². The molecule has 9 heteroatoms. The molecule has 2 rings (SSSR count). The minimum absolute atomic E-state index is 0.260. The van der Waals surface area contributed by atoms with Crippen molar-refractivity contribution < 1.29 is 23.1 Å². The van der Waals surface area contributed by atoms with Crippen molar-refractivity contribution in [3.8, 4) is 5.75 Å². The Morgan fingerprint density at radius 2 is 1.50 bits per heavy atom. The zero-order chi connectivity index (χ0) is 28.6. The van der Waals surface area contributed by atoms with Gasteiger partial charge in [0.2, 0.25) is 0 Å². The van der Waals surface area contributed by atoms with Gasteiger partial charge in [0.15, 0.2) is 16.6 Å². The Bertz CT molecular complexity index is 983. The second-order valence-electron chi connectivity index (χ2n) is 12.6. The lowest BCUT2D eigenvalue weighted by molar-refractivity contribution is -0.00511. The van der Waals surface area contributed by atoms with Crippen LogP contribution in [0.3, 0.4) is 0 Å². The van der Waals surface area contributed by atoms with E-state index in [2.05, 4.69) is 39.3 Å². The summed E-state index contributed by atoms with van der Waals surface area (Å²) in [7, 11) is -3.83. The fourth-order valence-corrected chi connectivity index (χ4v) is 5.61. The average molecular weight is 561 g/mol. The first-order chi connectivity index (χ1) is 17.5. The van der Waals surface area contributed by atoms with Gasteiger partial charge in [0.05, 0.1) is 25.3 Å². The van der Waals surface area contributed by atoms with Crippen molar-refractivity contribution in [1.82, 2.24) is 4.90 Å². The molecular formula is C29H48N2O5Si2. The van der Waals surface area contributed by atoms with Crippen LogP contribution in [0.15, 0.2) is 54.6 Å². The van der Waals surface area contributed by atoms with Crippen LogP contribution in [0.2, 0.25) is 39.3 Å². The standard InChI is InChI=1S/C29H48N2O5Si2/c1-29(2,3)35-28(32)31(20-27(36-38(7,8)9)22-33-26-13-11-10-12-14-26)25(21-34-37(4,5)6)19-23-15-17-24(30)18-16-23/h10-18,25,27H,19-22,30H2,1-9H3/t25-,27?/m0/s1. The van der Waals surface area contributed by atoms with Crippen molar-refractivity contribution in [3.05, 3.63) is 60.2 Å². The first kappa shape index (κ1) is 31.9. The van der Waals surface area contributed by atoms with Crippen LogP contribution in [0.5, 0.6) is 5.75 Å². The van der Waals surface area contributed by atoms with E-state index in [4.69, 9.17) is 24.1 Å². The number of nitrogens with zero attached hydrogens (tertiary/aromatic N) is 1. The number of rotatable bonds is 13. The summed E-state index contributed by atoms with van der Waals surface area (Å²) in [6, 6.07) is 17.2. The predicted molar refractivity (Wildman–Crippen MR) is 161 cm³/mol. The van der Waals surface area contributed by atoms with Gasteiger partial charge in [0.1, 0.15) is 18.0 Å². The molecule has 1 amide bonds. The van der Waals surface area contributed by atoms with Crippen LogP contribution in [-0.2, 0) is 20.0 Å². The molecule has 38 heavy (non-hydrogen) atoms. The first-order valence-electron chi connectivity index (χ1n) is 13.3. The molecule has 0 saturated heterocycles. The van der Waals surface area contributed by atoms with Crippen molar-refractivity contribution >= 4 is 28.4 Å². The molecule has 0 saturated carbocycles. The lowest BCUT2D eigenvalue weighted by atomic mass is 10.0. The number of ether oxygens (including phenoxy) is 2. The number of carbonyl (C=O) groups excluding carboxylic acids is 1. The quantitative estimate of drug-likeness (QED) is 0.220. The topological polar surface area (TPSA) is 83.2 Å². The predicted octanol–water partition coefficient (Wildman–Crippen LogP) is 6.57. The molecule has 0 aromatic heterocycles. The molecule has 212 valence electrons. The first-order valence-corrected chi connectivity index (χ1v) is 20.2. The Kier molecular flexibility index (Phi) is 11.4. The maximum Gasteiger partial charge on any atom is 0.410 e. The summed E-state index contributed by atoms with van der Waals surface area (Å²) in [6.45, 7) is 19.5. The summed E-state index contributed by atoms with van der Waals surface area (Å²) in [5.41, 5.74) is 7.06. The largest absolute Gasteiger partial charge is 0.491 e. The molecule has 0 aliphatic carbocycles. The molecule has 0 aliphatic rings. The summed E-state index contributed by atoms with van der Waals surface area (Å²) < 4.78 is 24.9. The van der Waals surface area contributed by atoms with E-state index in [-0.39, 0.29) is 18.2 Å². The highest BCUT2D eigenvalue weighted by molar-refractivity contribution is 6.70. The zero-order valence-corrected chi connectivity index (χ0v) is 26.7. The Morgan fingerprint density at radius 1 is 0.895 bits per heavy atom. The number of hydrogen-bond acceptors (Lipinski definition) is 6. The van der Waals surface area contributed by atoms with Crippen molar-refractivity contribution in [2.45, 2.75) is 84.2 Å². The number of anilines is 1. The molecule has 0 radical (unpaired) electrons. The molecular weight excluding hydrogens is 513 g/mol. The van der Waals surface area contributed by atoms with Gasteiger partial charge in [-0.2, -0.15) is 0 Å². The maximum atomic E-state index is 13.7. The summed E-state index contributed by atoms with van der Waals surface area (Å²) in [6.07, 6.45) is -0.125. The Hall–Kier alpha value is -2.34. The van der Waals surface area contributed by atoms with Gasteiger partial charge < -0.3 is 24.1 Å². The molecule has 0 heterocycles. The average Bonchev–Trinajstić information content (AvgIpc) is 2.78. The lowest BCUT2D eigenvalue weighted by Gasteiger charge is -2.38. The van der Waals surface area contributed by atoms with Gasteiger partial charge in [0, 0.05) is 5.69 Å². The van der Waals surface area contributed by atoms with Crippen LogP contribution >= 0.6 is 0 Å². The van der Waals surface area contributed by atoms with Gasteiger partial charge in [-0.3, -0.25) is 4.90 Å². The van der Waals surface area contributed by atoms with Crippen LogP contribution in [0.1, 0.15) is 26.3 Å². The molecule has 0 fully saturated rings. The maximum absolute atomic E-state index is 13.7. The summed E-state index contributed by atoms with van der Waals surface area (Å²) in [4.78, 5) is 15.5. The third-order valence-corrected chi connectivity index (χ3v) is 7.40. The summed E-state index contributed by atoms with van der Waals surface area (Å²) >= 11 is 0. The van der Waals surface area contributed by atoms with E-state index in [1.807, 2.05) is 75.4 Å². The van der Waals surface area contributed by atoms with E-state index < -0.39 is 22.2 Å². The van der Waals surface area contributed by atoms with Gasteiger partial charge in [-0.15, -0.1) is 0 Å². The van der Waals surface area contributed by atoms with Crippen molar-refractivity contribution in [2.75, 3.05) is 25.5 Å². The number of nitrogen functional groups attached to an aromatic ring is 1. The monoisotopic (exact) mass is 560 g/mol. The van der Waals surface area contributed by atoms with Crippen LogP contribution in [0, 0.1) is 0 Å². The minimum atomic E-state index is -1.97. The van der Waals surface area contributed by atoms with Crippen molar-refractivity contribution in [3.63, 3.8) is 0 Å². The number of para-hydroxylation sites is 1. The van der Waals surface area contributed by atoms with E-state index in [9.17, 15) is 4.79 Å². The van der Waals surface area contributed by atoms with Crippen molar-refractivity contribution in [1.29, 1.82) is 0 Å². The third kappa shape index (κ3) is 13.0. The minimum Gasteiger partial charge on any atom is -0.491 e. The second kappa shape index (κ2) is 13.6. The van der Waals surface area contributed by atoms with Gasteiger partial charge >= 0.3 is 6.09 Å². The fraction of sp³-hybridized carbons (Fsp3) is 0.552. The van der Waals surface area contributed by atoms with E-state index in [1.54, 1.807) is 4.90 Å². The molecule has 2 aromatic carbocycles. The van der Waals surface area contributed by atoms with Crippen LogP contribution in [0.25, 0.3) is 0 Å². The fourth-order valence-electron chi connectivity index (χ4n) is 3.77. The molecule has 1 unspecified atom stereocenters. The molecule has 0 aliphatic heterocycles. The highest BCUT2D eigenvalue weighted by Crippen LogP contribution is 2.21. The number of carbonyl (C=O) groups is 1. The van der Waals surface area contributed by atoms with Crippen LogP contribution in [-0.4, -0.2) is 65.1 Å². The van der Waals surface area contributed by atoms with Gasteiger partial charge in [0.25, 0.3) is 0 Å². The molecule has 2 aromatic rings. The number of benzene rings is 2. The molecule has 2 atom stereocenters. The van der Waals surface area contributed by atoms with Gasteiger partial charge in [-0.1, -0.05) is 30.3 Å². The van der Waals surface area contributed by atoms with Crippen LogP contribution in [0.4, 0.5) is 10.5 Å². The number of amides is 1. The van der Waals surface area contributed by atoms with Gasteiger partial charge in [-0.25, -0.2) is 4.79 Å². The van der Waals surface area contributed by atoms with E-state index >= 15 is 0 Å². The second-order valence-corrected chi connectivity index (χ2v) is 21.6. The molecule has 2 N–H and O–H groups in total. The number of hydrogen-bond donors (Lipinski definition) is 1. The summed E-state index contributed by atoms with van der Waals surface area (Å²) in [5, 5.41) is 0. The zero-order valence-electron chi connectivity index (χ0n) is 24.7. The Labute approximate surface area is 231 Å². The molecule has 0 bridgehead atoms. The van der Waals surface area contributed by atoms with Gasteiger partial charge in [-0.05, 0) is 96.3 Å². The Morgan fingerprint density at radius 3 is 2.03 bits per heavy atom. The smallest absolute Gasteiger partial charge is 0.410 e. The molecule has 7 nitrogen and oxygen atoms in total. The SMILES string of the molecule is CC(C)(C)OC(=O)N(CC(COc1ccccc1)O[Si](C)(C)C)[C@H](CO[Si](C)(C)C)Cc1ccc(N)cc1. The highest BCUT2D eigenvalue weighted by Gasteiger charge is 2.34. The molecule has 0 spiro atoms. The lowest BCUT2D eigenvalue weighted by Crippen LogP contribution is -2.53. The highest BCUT2D eigenvalue weighted by atomic mass is 28.4. The van der Waals surface area contributed by atoms with E-state index in [0.29, 0.717) is 31.9 Å². The third-order valence-electron chi connectivity index (χ3n) is 5.33. The normalized spacial score (nSPS) is 14.0. The van der Waals surface area contributed by atoms with Crippen molar-refractivity contribution in [2.24, 2.45) is 0 Å². The number of nitrogens with two attached hydrogens (primary N) is 1. The Balaban J connectivity index is 2.40. The van der Waals surface area contributed by atoms with Crippen LogP contribution < -0.4 is 10.5 Å².